The zero-order valence-electron chi connectivity index (χ0n) is 16.6. The highest BCUT2D eigenvalue weighted by molar-refractivity contribution is 7.13. The lowest BCUT2D eigenvalue weighted by atomic mass is 9.89. The molecule has 2 bridgehead atoms. The van der Waals surface area contributed by atoms with Crippen LogP contribution in [-0.2, 0) is 0 Å². The van der Waals surface area contributed by atoms with Gasteiger partial charge in [-0.05, 0) is 50.2 Å². The van der Waals surface area contributed by atoms with Crippen LogP contribution in [0.3, 0.4) is 0 Å². The summed E-state index contributed by atoms with van der Waals surface area (Å²) in [4.78, 5) is 11.7. The first-order valence-electron chi connectivity index (χ1n) is 10.7. The van der Waals surface area contributed by atoms with Crippen LogP contribution in [0.2, 0.25) is 0 Å². The second-order valence-electron chi connectivity index (χ2n) is 8.82. The molecule has 6 nitrogen and oxygen atoms in total. The van der Waals surface area contributed by atoms with E-state index in [0.29, 0.717) is 18.1 Å². The van der Waals surface area contributed by atoms with Gasteiger partial charge in [0, 0.05) is 36.8 Å². The molecule has 3 aromatic rings. The van der Waals surface area contributed by atoms with E-state index in [2.05, 4.69) is 34.3 Å². The minimum absolute atomic E-state index is 0.270. The summed E-state index contributed by atoms with van der Waals surface area (Å²) in [6.45, 7) is 4.23. The van der Waals surface area contributed by atoms with Crippen LogP contribution < -0.4 is 15.0 Å². The number of anilines is 1. The summed E-state index contributed by atoms with van der Waals surface area (Å²) < 4.78 is 12.8. The molecule has 1 N–H and O–H groups in total. The highest BCUT2D eigenvalue weighted by Gasteiger charge is 2.38. The number of piperidine rings is 1. The third-order valence-electron chi connectivity index (χ3n) is 6.61. The third-order valence-corrected chi connectivity index (χ3v) is 7.41. The Morgan fingerprint density at radius 2 is 1.97 bits per heavy atom. The second-order valence-corrected chi connectivity index (χ2v) is 9.72. The number of aromatic nitrogens is 2. The van der Waals surface area contributed by atoms with Gasteiger partial charge in [-0.15, -0.1) is 11.3 Å². The van der Waals surface area contributed by atoms with Crippen molar-refractivity contribution in [1.29, 1.82) is 0 Å². The van der Waals surface area contributed by atoms with E-state index in [-0.39, 0.29) is 6.10 Å². The second kappa shape index (κ2) is 6.99. The highest BCUT2D eigenvalue weighted by Crippen LogP contribution is 2.40. The Balaban J connectivity index is 1.38. The fourth-order valence-electron chi connectivity index (χ4n) is 4.92. The van der Waals surface area contributed by atoms with Crippen LogP contribution in [0.5, 0.6) is 5.75 Å². The molecule has 4 fully saturated rings. The van der Waals surface area contributed by atoms with E-state index < -0.39 is 0 Å². The number of fused-ring (bicyclic) bond motifs is 3. The fraction of sp³-hybridized carbons (Fsp3) is 0.545. The number of oxazole rings is 1. The molecular formula is C22H26N4O2S. The SMILES string of the molecule is CC1CCC(Oc2ccc(-c3nccs3)c3oc(N4CC5CC(C4)N5)nc23)CC1. The summed E-state index contributed by atoms with van der Waals surface area (Å²) in [7, 11) is 0. The average Bonchev–Trinajstić information content (AvgIpc) is 3.40. The maximum Gasteiger partial charge on any atom is 0.298 e. The Bertz CT molecular complexity index is 993. The number of ether oxygens (including phenoxy) is 1. The van der Waals surface area contributed by atoms with Gasteiger partial charge >= 0.3 is 0 Å². The fourth-order valence-corrected chi connectivity index (χ4v) is 5.58. The molecule has 0 amide bonds. The van der Waals surface area contributed by atoms with Crippen LogP contribution in [0.25, 0.3) is 21.7 Å². The van der Waals surface area contributed by atoms with Crippen LogP contribution in [0.4, 0.5) is 6.01 Å². The lowest BCUT2D eigenvalue weighted by molar-refractivity contribution is 0.137. The molecule has 5 heterocycles. The first kappa shape index (κ1) is 17.7. The predicted molar refractivity (Wildman–Crippen MR) is 115 cm³/mol. The minimum Gasteiger partial charge on any atom is -0.488 e. The molecule has 1 aromatic carbocycles. The molecule has 7 rings (SSSR count). The molecule has 0 spiro atoms. The molecule has 1 aliphatic carbocycles. The molecule has 7 heteroatoms. The Morgan fingerprint density at radius 1 is 1.17 bits per heavy atom. The lowest BCUT2D eigenvalue weighted by Gasteiger charge is -2.47. The average molecular weight is 411 g/mol. The molecule has 2 atom stereocenters. The third kappa shape index (κ3) is 3.20. The van der Waals surface area contributed by atoms with E-state index >= 15 is 0 Å². The standard InChI is InChI=1S/C22H26N4O2S/c1-13-2-4-16(5-3-13)27-18-7-6-17(21-23-8-9-29-21)20-19(18)25-22(28-20)26-11-14-10-15(12-26)24-14/h6-9,13-16,24H,2-5,10-12H2,1H3. The Kier molecular flexibility index (Phi) is 4.27. The monoisotopic (exact) mass is 410 g/mol. The van der Waals surface area contributed by atoms with Crippen LogP contribution in [0.15, 0.2) is 28.1 Å². The normalized spacial score (nSPS) is 29.1. The Morgan fingerprint density at radius 3 is 2.69 bits per heavy atom. The summed E-state index contributed by atoms with van der Waals surface area (Å²) in [5.74, 6) is 1.65. The van der Waals surface area contributed by atoms with Gasteiger partial charge in [0.15, 0.2) is 11.1 Å². The molecule has 1 saturated carbocycles. The van der Waals surface area contributed by atoms with Gasteiger partial charge in [0.1, 0.15) is 10.8 Å². The van der Waals surface area contributed by atoms with Crippen LogP contribution in [-0.4, -0.2) is 41.2 Å². The van der Waals surface area contributed by atoms with Crippen molar-refractivity contribution in [1.82, 2.24) is 15.3 Å². The zero-order valence-corrected chi connectivity index (χ0v) is 17.5. The summed E-state index contributed by atoms with van der Waals surface area (Å²) in [6.07, 6.45) is 8.06. The number of nitrogens with one attached hydrogen (secondary N) is 1. The van der Waals surface area contributed by atoms with Gasteiger partial charge in [-0.25, -0.2) is 4.98 Å². The van der Waals surface area contributed by atoms with E-state index in [1.165, 1.54) is 19.3 Å². The molecule has 4 aliphatic rings. The highest BCUT2D eigenvalue weighted by atomic mass is 32.1. The zero-order chi connectivity index (χ0) is 19.4. The number of hydrogen-bond acceptors (Lipinski definition) is 7. The molecule has 2 aromatic heterocycles. The molecule has 29 heavy (non-hydrogen) atoms. The van der Waals surface area contributed by atoms with Gasteiger partial charge in [0.2, 0.25) is 0 Å². The van der Waals surface area contributed by atoms with E-state index in [0.717, 1.165) is 59.3 Å². The van der Waals surface area contributed by atoms with Gasteiger partial charge < -0.3 is 19.4 Å². The summed E-state index contributed by atoms with van der Waals surface area (Å²) in [5, 5.41) is 6.52. The van der Waals surface area contributed by atoms with E-state index in [9.17, 15) is 0 Å². The number of rotatable bonds is 4. The lowest BCUT2D eigenvalue weighted by Crippen LogP contribution is -2.67. The van der Waals surface area contributed by atoms with Gasteiger partial charge in [0.05, 0.1) is 11.7 Å². The molecule has 2 unspecified atom stereocenters. The van der Waals surface area contributed by atoms with Crippen molar-refractivity contribution >= 4 is 28.5 Å². The Labute approximate surface area is 174 Å². The molecule has 3 aliphatic heterocycles. The smallest absolute Gasteiger partial charge is 0.298 e. The largest absolute Gasteiger partial charge is 0.488 e. The topological polar surface area (TPSA) is 63.4 Å². The number of hydrogen-bond donors (Lipinski definition) is 1. The Hall–Kier alpha value is -2.12. The predicted octanol–water partition coefficient (Wildman–Crippen LogP) is 4.46. The first-order valence-corrected chi connectivity index (χ1v) is 11.6. The van der Waals surface area contributed by atoms with Crippen LogP contribution in [0, 0.1) is 5.92 Å². The number of piperazine rings is 1. The van der Waals surface area contributed by atoms with Crippen molar-refractivity contribution in [2.45, 2.75) is 57.2 Å². The van der Waals surface area contributed by atoms with Crippen LogP contribution >= 0.6 is 11.3 Å². The van der Waals surface area contributed by atoms with E-state index in [1.54, 1.807) is 11.3 Å². The van der Waals surface area contributed by atoms with Crippen molar-refractivity contribution in [3.63, 3.8) is 0 Å². The van der Waals surface area contributed by atoms with Gasteiger partial charge in [0.25, 0.3) is 6.01 Å². The van der Waals surface area contributed by atoms with Crippen molar-refractivity contribution in [2.24, 2.45) is 5.92 Å². The maximum atomic E-state index is 6.45. The summed E-state index contributed by atoms with van der Waals surface area (Å²) in [6, 6.07) is 5.96. The van der Waals surface area contributed by atoms with Crippen molar-refractivity contribution in [2.75, 3.05) is 18.0 Å². The minimum atomic E-state index is 0.270. The maximum absolute atomic E-state index is 6.45. The molecule has 152 valence electrons. The van der Waals surface area contributed by atoms with Crippen molar-refractivity contribution in [3.8, 4) is 16.3 Å². The first-order chi connectivity index (χ1) is 14.2. The molecule has 0 radical (unpaired) electrons. The van der Waals surface area contributed by atoms with E-state index in [4.69, 9.17) is 14.1 Å². The molecular weight excluding hydrogens is 384 g/mol. The number of benzene rings is 1. The summed E-state index contributed by atoms with van der Waals surface area (Å²) in [5.41, 5.74) is 2.63. The van der Waals surface area contributed by atoms with Crippen molar-refractivity contribution < 1.29 is 9.15 Å². The van der Waals surface area contributed by atoms with Gasteiger partial charge in [-0.1, -0.05) is 6.92 Å². The molecule has 3 saturated heterocycles. The number of nitrogens with zero attached hydrogens (tertiary/aromatic N) is 3. The van der Waals surface area contributed by atoms with Crippen molar-refractivity contribution in [3.05, 3.63) is 23.7 Å². The summed E-state index contributed by atoms with van der Waals surface area (Å²) >= 11 is 1.62. The number of thiazole rings is 1. The van der Waals surface area contributed by atoms with Gasteiger partial charge in [-0.2, -0.15) is 4.98 Å². The van der Waals surface area contributed by atoms with Crippen LogP contribution in [0.1, 0.15) is 39.0 Å². The quantitative estimate of drug-likeness (QED) is 0.685. The van der Waals surface area contributed by atoms with E-state index in [1.807, 2.05) is 11.6 Å². The van der Waals surface area contributed by atoms with Gasteiger partial charge in [-0.3, -0.25) is 0 Å².